The molecule has 2 aromatic rings. The molecular formula is C17H22N4O3S. The Hall–Kier alpha value is -2.45. The molecule has 0 spiro atoms. The molecule has 1 N–H and O–H groups in total. The number of hydrogen-bond acceptors (Lipinski definition) is 4. The molecule has 1 amide bonds. The third kappa shape index (κ3) is 5.01. The van der Waals surface area contributed by atoms with Crippen LogP contribution in [-0.2, 0) is 28.4 Å². The molecule has 0 saturated carbocycles. The molecular weight excluding hydrogens is 340 g/mol. The summed E-state index contributed by atoms with van der Waals surface area (Å²) in [5.41, 5.74) is 0.958. The van der Waals surface area contributed by atoms with E-state index in [1.54, 1.807) is 18.0 Å². The summed E-state index contributed by atoms with van der Waals surface area (Å²) in [5.74, 6) is -0.323. The van der Waals surface area contributed by atoms with Crippen LogP contribution in [-0.4, -0.2) is 41.6 Å². The second-order valence-corrected chi connectivity index (χ2v) is 7.40. The monoisotopic (exact) mass is 362 g/mol. The van der Waals surface area contributed by atoms with E-state index < -0.39 is 16.1 Å². The molecule has 0 aliphatic carbocycles. The first-order chi connectivity index (χ1) is 11.8. The Balaban J connectivity index is 2.11. The fourth-order valence-corrected chi connectivity index (χ4v) is 3.53. The quantitative estimate of drug-likeness (QED) is 0.718. The number of rotatable bonds is 8. The van der Waals surface area contributed by atoms with Gasteiger partial charge in [-0.1, -0.05) is 36.4 Å². The van der Waals surface area contributed by atoms with Crippen LogP contribution in [0.4, 0.5) is 0 Å². The minimum Gasteiger partial charge on any atom is -0.333 e. The molecule has 8 heteroatoms. The largest absolute Gasteiger partial charge is 0.333 e. The molecule has 0 aliphatic heterocycles. The highest BCUT2D eigenvalue weighted by molar-refractivity contribution is 7.89. The van der Waals surface area contributed by atoms with Gasteiger partial charge in [0, 0.05) is 26.3 Å². The third-order valence-corrected chi connectivity index (χ3v) is 5.07. The first-order valence-corrected chi connectivity index (χ1v) is 9.26. The average Bonchev–Trinajstić information content (AvgIpc) is 3.02. The summed E-state index contributed by atoms with van der Waals surface area (Å²) < 4.78 is 28.5. The van der Waals surface area contributed by atoms with E-state index in [2.05, 4.69) is 16.4 Å². The molecule has 1 aromatic heterocycles. The van der Waals surface area contributed by atoms with Crippen LogP contribution in [0, 0.1) is 0 Å². The Kier molecular flexibility index (Phi) is 6.11. The van der Waals surface area contributed by atoms with Crippen molar-refractivity contribution in [1.29, 1.82) is 0 Å². The zero-order valence-corrected chi connectivity index (χ0v) is 15.1. The fraction of sp³-hybridized carbons (Fsp3) is 0.294. The molecule has 1 heterocycles. The van der Waals surface area contributed by atoms with Crippen molar-refractivity contribution in [2.75, 3.05) is 6.54 Å². The highest BCUT2D eigenvalue weighted by atomic mass is 32.2. The number of carbonyl (C=O) groups excluding carboxylic acids is 1. The molecule has 7 nitrogen and oxygen atoms in total. The minimum absolute atomic E-state index is 0.0213. The number of aromatic nitrogens is 2. The molecule has 25 heavy (non-hydrogen) atoms. The Labute approximate surface area is 148 Å². The molecule has 0 saturated heterocycles. The lowest BCUT2D eigenvalue weighted by Crippen LogP contribution is -2.46. The Morgan fingerprint density at radius 2 is 2.08 bits per heavy atom. The summed E-state index contributed by atoms with van der Waals surface area (Å²) >= 11 is 0. The molecule has 1 aromatic carbocycles. The van der Waals surface area contributed by atoms with Crippen LogP contribution in [0.2, 0.25) is 0 Å². The molecule has 0 fully saturated rings. The molecule has 0 radical (unpaired) electrons. The summed E-state index contributed by atoms with van der Waals surface area (Å²) in [6.45, 7) is 5.90. The average molecular weight is 362 g/mol. The van der Waals surface area contributed by atoms with Crippen LogP contribution in [0.15, 0.2) is 60.3 Å². The summed E-state index contributed by atoms with van der Waals surface area (Å²) in [4.78, 5) is 14.3. The third-order valence-electron chi connectivity index (χ3n) is 3.57. The Bertz CT molecular complexity index is 831. The maximum absolute atomic E-state index is 12.7. The fourth-order valence-electron chi connectivity index (χ4n) is 2.35. The molecule has 0 unspecified atom stereocenters. The van der Waals surface area contributed by atoms with Crippen LogP contribution in [0.5, 0.6) is 0 Å². The van der Waals surface area contributed by atoms with Gasteiger partial charge in [0.15, 0.2) is 0 Å². The van der Waals surface area contributed by atoms with Gasteiger partial charge in [0.1, 0.15) is 4.90 Å². The van der Waals surface area contributed by atoms with Crippen molar-refractivity contribution in [3.05, 3.63) is 60.9 Å². The van der Waals surface area contributed by atoms with Gasteiger partial charge in [0.2, 0.25) is 15.9 Å². The summed E-state index contributed by atoms with van der Waals surface area (Å²) in [7, 11) is -2.19. The van der Waals surface area contributed by atoms with Gasteiger partial charge in [0.05, 0.1) is 12.2 Å². The van der Waals surface area contributed by atoms with E-state index in [1.165, 1.54) is 24.0 Å². The second kappa shape index (κ2) is 8.09. The predicted molar refractivity (Wildman–Crippen MR) is 95.0 cm³/mol. The second-order valence-electron chi connectivity index (χ2n) is 5.69. The van der Waals surface area contributed by atoms with Crippen molar-refractivity contribution >= 4 is 15.9 Å². The first-order valence-electron chi connectivity index (χ1n) is 7.78. The van der Waals surface area contributed by atoms with Gasteiger partial charge >= 0.3 is 0 Å². The summed E-state index contributed by atoms with van der Waals surface area (Å²) in [5, 5.41) is 3.84. The van der Waals surface area contributed by atoms with Crippen molar-refractivity contribution in [2.24, 2.45) is 7.05 Å². The van der Waals surface area contributed by atoms with Crippen LogP contribution < -0.4 is 4.72 Å². The van der Waals surface area contributed by atoms with Crippen molar-refractivity contribution in [3.63, 3.8) is 0 Å². The van der Waals surface area contributed by atoms with E-state index in [-0.39, 0.29) is 10.8 Å². The Morgan fingerprint density at radius 1 is 1.40 bits per heavy atom. The van der Waals surface area contributed by atoms with E-state index in [4.69, 9.17) is 0 Å². The maximum atomic E-state index is 12.7. The zero-order chi connectivity index (χ0) is 18.4. The molecule has 0 bridgehead atoms. The minimum atomic E-state index is -3.81. The van der Waals surface area contributed by atoms with Gasteiger partial charge in [-0.25, -0.2) is 8.42 Å². The van der Waals surface area contributed by atoms with Crippen LogP contribution in [0.1, 0.15) is 12.5 Å². The smallest absolute Gasteiger partial charge is 0.244 e. The number of sulfonamides is 1. The van der Waals surface area contributed by atoms with Gasteiger partial charge in [0.25, 0.3) is 0 Å². The van der Waals surface area contributed by atoms with Crippen molar-refractivity contribution in [3.8, 4) is 0 Å². The van der Waals surface area contributed by atoms with Crippen LogP contribution >= 0.6 is 0 Å². The lowest BCUT2D eigenvalue weighted by atomic mass is 10.2. The highest BCUT2D eigenvalue weighted by Gasteiger charge is 2.26. The van der Waals surface area contributed by atoms with Crippen LogP contribution in [0.25, 0.3) is 0 Å². The number of nitrogens with one attached hydrogen (secondary N) is 1. The maximum Gasteiger partial charge on any atom is 0.244 e. The lowest BCUT2D eigenvalue weighted by molar-refractivity contribution is -0.132. The van der Waals surface area contributed by atoms with E-state index in [0.717, 1.165) is 5.56 Å². The topological polar surface area (TPSA) is 84.3 Å². The van der Waals surface area contributed by atoms with Gasteiger partial charge in [-0.3, -0.25) is 9.48 Å². The van der Waals surface area contributed by atoms with E-state index in [9.17, 15) is 13.2 Å². The van der Waals surface area contributed by atoms with Gasteiger partial charge < -0.3 is 4.90 Å². The van der Waals surface area contributed by atoms with Crippen molar-refractivity contribution in [1.82, 2.24) is 19.4 Å². The SMILES string of the molecule is C=CCN(Cc1ccccc1)C(=O)[C@@H](C)NS(=O)(=O)c1cnn(C)c1. The summed E-state index contributed by atoms with van der Waals surface area (Å²) in [6, 6.07) is 8.59. The van der Waals surface area contributed by atoms with Gasteiger partial charge in [-0.15, -0.1) is 6.58 Å². The van der Waals surface area contributed by atoms with E-state index >= 15 is 0 Å². The standard InChI is InChI=1S/C17H22N4O3S/c1-4-10-21(12-15-8-6-5-7-9-15)17(22)14(2)19-25(23,24)16-11-18-20(3)13-16/h4-9,11,13-14,19H,1,10,12H2,2-3H3/t14-/m1/s1. The van der Waals surface area contributed by atoms with E-state index in [1.807, 2.05) is 30.3 Å². The molecule has 0 aliphatic rings. The van der Waals surface area contributed by atoms with Crippen molar-refractivity contribution < 1.29 is 13.2 Å². The summed E-state index contributed by atoms with van der Waals surface area (Å²) in [6.07, 6.45) is 4.24. The highest BCUT2D eigenvalue weighted by Crippen LogP contribution is 2.10. The number of hydrogen-bond donors (Lipinski definition) is 1. The normalized spacial score (nSPS) is 12.6. The molecule has 2 rings (SSSR count). The first kappa shape index (κ1) is 18.9. The van der Waals surface area contributed by atoms with Crippen LogP contribution in [0.3, 0.4) is 0 Å². The molecule has 134 valence electrons. The predicted octanol–water partition coefficient (Wildman–Crippen LogP) is 1.30. The van der Waals surface area contributed by atoms with E-state index in [0.29, 0.717) is 13.1 Å². The number of amides is 1. The van der Waals surface area contributed by atoms with Gasteiger partial charge in [-0.05, 0) is 12.5 Å². The number of carbonyl (C=O) groups is 1. The van der Waals surface area contributed by atoms with Gasteiger partial charge in [-0.2, -0.15) is 9.82 Å². The van der Waals surface area contributed by atoms with Crippen molar-refractivity contribution in [2.45, 2.75) is 24.4 Å². The molecule has 1 atom stereocenters. The number of aryl methyl sites for hydroxylation is 1. The lowest BCUT2D eigenvalue weighted by Gasteiger charge is -2.25. The Morgan fingerprint density at radius 3 is 2.64 bits per heavy atom. The zero-order valence-electron chi connectivity index (χ0n) is 14.3. The number of benzene rings is 1. The number of nitrogens with zero attached hydrogens (tertiary/aromatic N) is 3.